The first-order valence-electron chi connectivity index (χ1n) is 10.5. The summed E-state index contributed by atoms with van der Waals surface area (Å²) in [6, 6.07) is 7.44. The van der Waals surface area contributed by atoms with Crippen LogP contribution in [-0.2, 0) is 0 Å². The van der Waals surface area contributed by atoms with E-state index in [-0.39, 0.29) is 29.3 Å². The van der Waals surface area contributed by atoms with Crippen molar-refractivity contribution in [3.8, 4) is 5.75 Å². The number of fused-ring (bicyclic) bond motifs is 4. The predicted molar refractivity (Wildman–Crippen MR) is 111 cm³/mol. The molecule has 0 aliphatic carbocycles. The van der Waals surface area contributed by atoms with Crippen LogP contribution in [0.4, 0.5) is 0 Å². The summed E-state index contributed by atoms with van der Waals surface area (Å²) in [4.78, 5) is 32.0. The van der Waals surface area contributed by atoms with Gasteiger partial charge in [0.1, 0.15) is 5.75 Å². The van der Waals surface area contributed by atoms with Crippen molar-refractivity contribution in [2.75, 3.05) is 20.2 Å². The van der Waals surface area contributed by atoms with E-state index in [0.717, 1.165) is 25.0 Å². The zero-order chi connectivity index (χ0) is 20.5. The van der Waals surface area contributed by atoms with Crippen molar-refractivity contribution in [2.45, 2.75) is 45.1 Å². The molecule has 6 nitrogen and oxygen atoms in total. The predicted octanol–water partition coefficient (Wildman–Crippen LogP) is 3.49. The Morgan fingerprint density at radius 1 is 1.28 bits per heavy atom. The van der Waals surface area contributed by atoms with E-state index in [1.807, 2.05) is 15.5 Å². The van der Waals surface area contributed by atoms with E-state index >= 15 is 0 Å². The number of carbonyl (C=O) groups is 1. The highest BCUT2D eigenvalue weighted by Gasteiger charge is 2.42. The van der Waals surface area contributed by atoms with Gasteiger partial charge in [0.05, 0.1) is 18.9 Å². The van der Waals surface area contributed by atoms with Crippen LogP contribution in [0.3, 0.4) is 0 Å². The number of carbonyl (C=O) groups excluding carboxylic acids is 1. The molecule has 3 atom stereocenters. The Bertz CT molecular complexity index is 952. The Kier molecular flexibility index (Phi) is 5.43. The number of piperidine rings is 1. The van der Waals surface area contributed by atoms with Gasteiger partial charge in [0.25, 0.3) is 11.5 Å². The second-order valence-electron chi connectivity index (χ2n) is 8.68. The summed E-state index contributed by atoms with van der Waals surface area (Å²) in [6.45, 7) is 5.73. The third-order valence-electron chi connectivity index (χ3n) is 6.36. The van der Waals surface area contributed by atoms with E-state index in [4.69, 9.17) is 4.74 Å². The summed E-state index contributed by atoms with van der Waals surface area (Å²) in [5.74, 6) is 1.54. The van der Waals surface area contributed by atoms with Crippen LogP contribution in [0.25, 0.3) is 0 Å². The zero-order valence-corrected chi connectivity index (χ0v) is 17.4. The molecular formula is C23H29N3O3. The normalized spacial score (nSPS) is 23.0. The molecule has 2 aliphatic heterocycles. The lowest BCUT2D eigenvalue weighted by Crippen LogP contribution is -2.51. The highest BCUT2D eigenvalue weighted by molar-refractivity contribution is 5.96. The van der Waals surface area contributed by atoms with E-state index in [2.05, 4.69) is 24.9 Å². The maximum Gasteiger partial charge on any atom is 0.257 e. The van der Waals surface area contributed by atoms with Crippen LogP contribution in [0.1, 0.15) is 61.1 Å². The molecule has 0 unspecified atom stereocenters. The molecule has 154 valence electrons. The Morgan fingerprint density at radius 2 is 2.10 bits per heavy atom. The van der Waals surface area contributed by atoms with Gasteiger partial charge in [-0.25, -0.2) is 0 Å². The topological polar surface area (TPSA) is 64.4 Å². The third kappa shape index (κ3) is 3.68. The largest absolute Gasteiger partial charge is 0.494 e. The average Bonchev–Trinajstić information content (AvgIpc) is 2.73. The zero-order valence-electron chi connectivity index (χ0n) is 17.4. The van der Waals surface area contributed by atoms with E-state index < -0.39 is 0 Å². The summed E-state index contributed by atoms with van der Waals surface area (Å²) in [5.41, 5.74) is 1.70. The minimum atomic E-state index is -0.0201. The fourth-order valence-corrected chi connectivity index (χ4v) is 4.97. The molecule has 2 aliphatic rings. The molecule has 2 aromatic heterocycles. The molecule has 1 amide bonds. The van der Waals surface area contributed by atoms with Crippen molar-refractivity contribution in [1.29, 1.82) is 0 Å². The fraction of sp³-hybridized carbons (Fsp3) is 0.522. The second kappa shape index (κ2) is 8.01. The molecule has 0 saturated carbocycles. The number of amides is 1. The number of pyridine rings is 2. The molecule has 0 radical (unpaired) electrons. The van der Waals surface area contributed by atoms with Crippen LogP contribution in [0.15, 0.2) is 41.5 Å². The Hall–Kier alpha value is -2.63. The maximum absolute atomic E-state index is 13.3. The molecule has 1 saturated heterocycles. The van der Waals surface area contributed by atoms with Gasteiger partial charge in [-0.1, -0.05) is 19.9 Å². The Balaban J connectivity index is 1.67. The van der Waals surface area contributed by atoms with Gasteiger partial charge < -0.3 is 14.2 Å². The van der Waals surface area contributed by atoms with Gasteiger partial charge >= 0.3 is 0 Å². The van der Waals surface area contributed by atoms with Crippen LogP contribution >= 0.6 is 0 Å². The lowest BCUT2D eigenvalue weighted by molar-refractivity contribution is 0.0510. The molecule has 6 heteroatoms. The minimum absolute atomic E-state index is 0.0201. The van der Waals surface area contributed by atoms with Gasteiger partial charge in [0.2, 0.25) is 0 Å². The van der Waals surface area contributed by atoms with E-state index in [0.29, 0.717) is 30.3 Å². The Labute approximate surface area is 171 Å². The molecule has 4 heterocycles. The number of ether oxygens (including phenoxy) is 1. The van der Waals surface area contributed by atoms with Crippen LogP contribution in [-0.4, -0.2) is 40.6 Å². The summed E-state index contributed by atoms with van der Waals surface area (Å²) in [5, 5.41) is 0. The number of methoxy groups -OCH3 is 1. The molecule has 2 bridgehead atoms. The lowest BCUT2D eigenvalue weighted by Gasteiger charge is -2.47. The average molecular weight is 396 g/mol. The number of nitrogens with zero attached hydrogens (tertiary/aromatic N) is 3. The molecule has 1 fully saturated rings. The van der Waals surface area contributed by atoms with Gasteiger partial charge in [-0.3, -0.25) is 14.6 Å². The quantitative estimate of drug-likeness (QED) is 0.777. The fourth-order valence-electron chi connectivity index (χ4n) is 4.97. The van der Waals surface area contributed by atoms with Gasteiger partial charge in [-0.15, -0.1) is 0 Å². The molecular weight excluding hydrogens is 366 g/mol. The SMILES string of the molecule is COc1cnccc1C(=O)N1C[C@H]2C[C@@H](C1)[C@H](CCC(C)C)n1c2cccc1=O. The van der Waals surface area contributed by atoms with Crippen molar-refractivity contribution >= 4 is 5.91 Å². The van der Waals surface area contributed by atoms with Crippen molar-refractivity contribution in [3.63, 3.8) is 0 Å². The number of likely N-dealkylation sites (tertiary alicyclic amines) is 1. The second-order valence-corrected chi connectivity index (χ2v) is 8.68. The van der Waals surface area contributed by atoms with Crippen molar-refractivity contribution in [3.05, 3.63) is 58.3 Å². The highest BCUT2D eigenvalue weighted by atomic mass is 16.5. The number of hydrogen-bond acceptors (Lipinski definition) is 4. The molecule has 4 rings (SSSR count). The van der Waals surface area contributed by atoms with Gasteiger partial charge in [0.15, 0.2) is 0 Å². The summed E-state index contributed by atoms with van der Waals surface area (Å²) in [7, 11) is 1.56. The first kappa shape index (κ1) is 19.7. The Morgan fingerprint density at radius 3 is 2.86 bits per heavy atom. The van der Waals surface area contributed by atoms with Gasteiger partial charge in [-0.05, 0) is 43.2 Å². The van der Waals surface area contributed by atoms with Gasteiger partial charge in [-0.2, -0.15) is 0 Å². The summed E-state index contributed by atoms with van der Waals surface area (Å²) in [6.07, 6.45) is 6.27. The molecule has 2 aromatic rings. The third-order valence-corrected chi connectivity index (χ3v) is 6.36. The van der Waals surface area contributed by atoms with Crippen molar-refractivity contribution in [2.24, 2.45) is 11.8 Å². The smallest absolute Gasteiger partial charge is 0.257 e. The van der Waals surface area contributed by atoms with Gasteiger partial charge in [0, 0.05) is 43.0 Å². The van der Waals surface area contributed by atoms with E-state index in [1.165, 1.54) is 0 Å². The van der Waals surface area contributed by atoms with E-state index in [1.54, 1.807) is 31.6 Å². The summed E-state index contributed by atoms with van der Waals surface area (Å²) < 4.78 is 7.38. The summed E-state index contributed by atoms with van der Waals surface area (Å²) >= 11 is 0. The van der Waals surface area contributed by atoms with Crippen LogP contribution in [0.5, 0.6) is 5.75 Å². The first-order chi connectivity index (χ1) is 14.0. The lowest BCUT2D eigenvalue weighted by atomic mass is 9.76. The maximum atomic E-state index is 13.3. The standard InChI is InChI=1S/C23H29N3O3/c1-15(2)7-8-20-17-11-16(19-5-4-6-22(27)26(19)20)13-25(14-17)23(28)18-9-10-24-12-21(18)29-3/h4-6,9-10,12,15-17,20H,7-8,11,13-14H2,1-3H3/t16-,17+,20+/m1/s1. The molecule has 0 N–H and O–H groups in total. The number of rotatable bonds is 5. The highest BCUT2D eigenvalue weighted by Crippen LogP contribution is 2.43. The molecule has 0 aromatic carbocycles. The number of aromatic nitrogens is 2. The van der Waals surface area contributed by atoms with Crippen LogP contribution in [0.2, 0.25) is 0 Å². The van der Waals surface area contributed by atoms with Crippen LogP contribution in [0, 0.1) is 11.8 Å². The number of hydrogen-bond donors (Lipinski definition) is 0. The molecule has 29 heavy (non-hydrogen) atoms. The van der Waals surface area contributed by atoms with Crippen molar-refractivity contribution in [1.82, 2.24) is 14.5 Å². The molecule has 0 spiro atoms. The monoisotopic (exact) mass is 395 g/mol. The van der Waals surface area contributed by atoms with Crippen LogP contribution < -0.4 is 10.3 Å². The van der Waals surface area contributed by atoms with Crippen molar-refractivity contribution < 1.29 is 9.53 Å². The van der Waals surface area contributed by atoms with E-state index in [9.17, 15) is 9.59 Å². The first-order valence-corrected chi connectivity index (χ1v) is 10.5. The minimum Gasteiger partial charge on any atom is -0.494 e.